The number of rotatable bonds is 3. The predicted octanol–water partition coefficient (Wildman–Crippen LogP) is 14.4. The van der Waals surface area contributed by atoms with Gasteiger partial charge in [-0.3, -0.25) is 9.59 Å². The molecule has 0 radical (unpaired) electrons. The number of hydrogen-bond acceptors (Lipinski definition) is 6. The van der Waals surface area contributed by atoms with Crippen LogP contribution in [0.1, 0.15) is 220 Å². The molecule has 0 saturated heterocycles. The SMILES string of the molecule is CCC1CC2C3CCc4c(C#N)cccc4C3CC[C@]2(C)C1=O.CC[C@@]1(C)CC2C3CCc4c(C#N)cccc4C3CC[C@]2(C)C1=O.CC[C@@]1(C)CC2C3CCc4c(C#N)cccc4C3CC[C@]2(C)[C@H]1O. The van der Waals surface area contributed by atoms with Crippen molar-refractivity contribution < 1.29 is 14.7 Å². The molecule has 0 bridgehead atoms. The standard InChI is InChI=1S/C22H29NO.C22H27NO.C21H25NO/c2*1-4-21(2)12-19-18-9-8-15-14(13-23)6-5-7-16(15)17(18)10-11-22(19,3)20(21)24;1-3-13-11-19-18-8-7-15-14(12-22)5-4-6-16(15)17(18)9-10-21(19,2)20(13)23/h5-7,17-20,24H,4,8-12H2,1-3H3;5-7,17-19H,4,8-12H2,1-3H3;4-6,13,17-19H,3,7-11H2,1-2H3/t17?,18?,19?,20-,21-,22-;17?,18?,19?,21-,22-;13?,17?,18?,19?,21-/m000/s1. The molecule has 0 heterocycles. The molecular weight excluding hydrogens is 871 g/mol. The molecule has 71 heavy (non-hydrogen) atoms. The van der Waals surface area contributed by atoms with Crippen LogP contribution in [-0.2, 0) is 28.9 Å². The summed E-state index contributed by atoms with van der Waals surface area (Å²) >= 11 is 0. The molecule has 6 heteroatoms. The van der Waals surface area contributed by atoms with E-state index in [1.807, 2.05) is 30.3 Å². The first kappa shape index (κ1) is 50.0. The first-order valence-electron chi connectivity index (χ1n) is 28.3. The Bertz CT molecular complexity index is 2740. The molecule has 0 spiro atoms. The summed E-state index contributed by atoms with van der Waals surface area (Å²) in [5.74, 6) is 6.67. The van der Waals surface area contributed by atoms with Gasteiger partial charge >= 0.3 is 0 Å². The van der Waals surface area contributed by atoms with E-state index in [0.717, 1.165) is 126 Å². The van der Waals surface area contributed by atoms with Gasteiger partial charge in [-0.1, -0.05) is 91.8 Å². The number of aliphatic hydroxyl groups excluding tert-OH is 1. The fourth-order valence-corrected chi connectivity index (χ4v) is 18.8. The van der Waals surface area contributed by atoms with Gasteiger partial charge in [-0.15, -0.1) is 0 Å². The van der Waals surface area contributed by atoms with Crippen LogP contribution < -0.4 is 0 Å². The maximum absolute atomic E-state index is 13.2. The van der Waals surface area contributed by atoms with E-state index in [-0.39, 0.29) is 39.1 Å². The average molecular weight is 952 g/mol. The molecule has 6 nitrogen and oxygen atoms in total. The van der Waals surface area contributed by atoms with Crippen LogP contribution in [0.2, 0.25) is 0 Å². The van der Waals surface area contributed by atoms with E-state index in [2.05, 4.69) is 97.9 Å². The number of hydrogen-bond donors (Lipinski definition) is 1. The van der Waals surface area contributed by atoms with Crippen LogP contribution in [0.25, 0.3) is 0 Å². The maximum Gasteiger partial charge on any atom is 0.144 e. The fourth-order valence-electron chi connectivity index (χ4n) is 18.8. The van der Waals surface area contributed by atoms with Crippen LogP contribution >= 0.6 is 0 Å². The van der Waals surface area contributed by atoms with E-state index < -0.39 is 0 Å². The van der Waals surface area contributed by atoms with Crippen LogP contribution in [-0.4, -0.2) is 22.8 Å². The molecule has 0 aliphatic heterocycles. The van der Waals surface area contributed by atoms with Gasteiger partial charge in [-0.25, -0.2) is 0 Å². The van der Waals surface area contributed by atoms with Gasteiger partial charge < -0.3 is 5.11 Å². The van der Waals surface area contributed by atoms with Crippen LogP contribution in [0.4, 0.5) is 0 Å². The number of ketones is 2. The lowest BCUT2D eigenvalue weighted by atomic mass is 9.55. The number of fused-ring (bicyclic) bond motifs is 15. The maximum atomic E-state index is 13.2. The number of nitrogens with zero attached hydrogens (tertiary/aromatic N) is 3. The number of benzene rings is 3. The summed E-state index contributed by atoms with van der Waals surface area (Å²) in [6, 6.07) is 25.9. The van der Waals surface area contributed by atoms with Crippen molar-refractivity contribution in [3.8, 4) is 18.2 Å². The van der Waals surface area contributed by atoms with E-state index in [1.54, 1.807) is 0 Å². The third-order valence-corrected chi connectivity index (χ3v) is 23.2. The molecule has 374 valence electrons. The van der Waals surface area contributed by atoms with Gasteiger partial charge in [0.15, 0.2) is 0 Å². The molecule has 1 N–H and O–H groups in total. The van der Waals surface area contributed by atoms with Crippen molar-refractivity contribution >= 4 is 11.6 Å². The number of carbonyl (C=O) groups is 2. The number of nitriles is 3. The molecular formula is C65H81N3O3. The minimum atomic E-state index is -0.173. The highest BCUT2D eigenvalue weighted by molar-refractivity contribution is 5.92. The van der Waals surface area contributed by atoms with Crippen LogP contribution in [0.5, 0.6) is 0 Å². The molecule has 16 atom stereocenters. The first-order chi connectivity index (χ1) is 34.0. The summed E-state index contributed by atoms with van der Waals surface area (Å²) in [4.78, 5) is 26.1. The number of aliphatic hydroxyl groups is 1. The van der Waals surface area contributed by atoms with Gasteiger partial charge in [-0.2, -0.15) is 15.8 Å². The Kier molecular flexibility index (Phi) is 13.0. The lowest BCUT2D eigenvalue weighted by Crippen LogP contribution is -2.45. The minimum absolute atomic E-state index is 0.0725. The second-order valence-electron chi connectivity index (χ2n) is 25.9. The normalized spacial score (nSPS) is 40.8. The van der Waals surface area contributed by atoms with Gasteiger partial charge in [0.1, 0.15) is 11.6 Å². The van der Waals surface area contributed by atoms with Crippen molar-refractivity contribution in [3.63, 3.8) is 0 Å². The Balaban J connectivity index is 0.000000123. The highest BCUT2D eigenvalue weighted by Crippen LogP contribution is 2.67. The second kappa shape index (κ2) is 18.4. The molecule has 6 fully saturated rings. The van der Waals surface area contributed by atoms with Crippen LogP contribution in [0, 0.1) is 102 Å². The van der Waals surface area contributed by atoms with E-state index in [4.69, 9.17) is 0 Å². The lowest BCUT2D eigenvalue weighted by Gasteiger charge is -2.50. The van der Waals surface area contributed by atoms with Crippen molar-refractivity contribution in [2.45, 2.75) is 195 Å². The summed E-state index contributed by atoms with van der Waals surface area (Å²) in [7, 11) is 0. The Morgan fingerprint density at radius 3 is 1.46 bits per heavy atom. The highest BCUT2D eigenvalue weighted by Gasteiger charge is 2.63. The van der Waals surface area contributed by atoms with Crippen LogP contribution in [0.3, 0.4) is 0 Å². The van der Waals surface area contributed by atoms with Crippen molar-refractivity contribution in [2.24, 2.45) is 68.5 Å². The van der Waals surface area contributed by atoms with E-state index in [9.17, 15) is 30.5 Å². The molecule has 0 aromatic heterocycles. The summed E-state index contributed by atoms with van der Waals surface area (Å²) in [6.07, 6.45) is 19.2. The van der Waals surface area contributed by atoms with E-state index in [1.165, 1.54) is 39.8 Å². The van der Waals surface area contributed by atoms with Crippen molar-refractivity contribution in [1.29, 1.82) is 15.8 Å². The lowest BCUT2D eigenvalue weighted by molar-refractivity contribution is -0.135. The molecule has 3 aromatic rings. The summed E-state index contributed by atoms with van der Waals surface area (Å²) in [5.41, 5.74) is 10.6. The topological polar surface area (TPSA) is 126 Å². The smallest absolute Gasteiger partial charge is 0.144 e. The van der Waals surface area contributed by atoms with Crippen molar-refractivity contribution in [2.75, 3.05) is 0 Å². The summed E-state index contributed by atoms with van der Waals surface area (Å²) in [5, 5.41) is 39.4. The van der Waals surface area contributed by atoms with Gasteiger partial charge in [0.05, 0.1) is 41.0 Å². The zero-order valence-electron chi connectivity index (χ0n) is 44.4. The van der Waals surface area contributed by atoms with Crippen molar-refractivity contribution in [1.82, 2.24) is 0 Å². The molecule has 12 rings (SSSR count). The van der Waals surface area contributed by atoms with E-state index in [0.29, 0.717) is 64.8 Å². The third kappa shape index (κ3) is 7.57. The second-order valence-corrected chi connectivity index (χ2v) is 25.9. The van der Waals surface area contributed by atoms with Crippen LogP contribution in [0.15, 0.2) is 54.6 Å². The summed E-state index contributed by atoms with van der Waals surface area (Å²) < 4.78 is 0. The van der Waals surface area contributed by atoms with Gasteiger partial charge in [0.25, 0.3) is 0 Å². The molecule has 10 unspecified atom stereocenters. The quantitative estimate of drug-likeness (QED) is 0.279. The largest absolute Gasteiger partial charge is 0.392 e. The molecule has 6 saturated carbocycles. The predicted molar refractivity (Wildman–Crippen MR) is 280 cm³/mol. The molecule has 0 amide bonds. The third-order valence-electron chi connectivity index (χ3n) is 23.2. The number of carbonyl (C=O) groups excluding carboxylic acids is 2. The summed E-state index contributed by atoms with van der Waals surface area (Å²) in [6.45, 7) is 17.9. The zero-order valence-corrected chi connectivity index (χ0v) is 44.4. The van der Waals surface area contributed by atoms with Gasteiger partial charge in [-0.05, 0) is 231 Å². The van der Waals surface area contributed by atoms with Gasteiger partial charge in [0, 0.05) is 22.2 Å². The molecule has 3 aromatic carbocycles. The monoisotopic (exact) mass is 952 g/mol. The average Bonchev–Trinajstić information content (AvgIpc) is 3.88. The Hall–Kier alpha value is -4.57. The van der Waals surface area contributed by atoms with Crippen molar-refractivity contribution in [3.05, 3.63) is 105 Å². The Morgan fingerprint density at radius 2 is 1.01 bits per heavy atom. The zero-order chi connectivity index (χ0) is 50.4. The minimum Gasteiger partial charge on any atom is -0.392 e. The molecule has 9 aliphatic rings. The molecule has 9 aliphatic carbocycles. The first-order valence-corrected chi connectivity index (χ1v) is 28.3. The number of Topliss-reactive ketones (excluding diaryl/α,β-unsaturated/α-hetero) is 2. The van der Waals surface area contributed by atoms with Gasteiger partial charge in [0.2, 0.25) is 0 Å². The highest BCUT2D eigenvalue weighted by atomic mass is 16.3. The fraction of sp³-hybridized carbons (Fsp3) is 0.646. The Labute approximate surface area is 426 Å². The Morgan fingerprint density at radius 1 is 0.563 bits per heavy atom. The van der Waals surface area contributed by atoms with E-state index >= 15 is 0 Å².